The lowest BCUT2D eigenvalue weighted by molar-refractivity contribution is -0.129. The third kappa shape index (κ3) is 6.80. The fourth-order valence-electron chi connectivity index (χ4n) is 3.42. The summed E-state index contributed by atoms with van der Waals surface area (Å²) in [5, 5.41) is 6.75. The number of amides is 1. The lowest BCUT2D eigenvalue weighted by atomic mass is 10.1. The minimum Gasteiger partial charge on any atom is -0.493 e. The van der Waals surface area contributed by atoms with Crippen molar-refractivity contribution >= 4 is 35.8 Å². The van der Waals surface area contributed by atoms with Gasteiger partial charge >= 0.3 is 0 Å². The molecule has 0 aliphatic carbocycles. The first-order valence-electron chi connectivity index (χ1n) is 9.65. The molecule has 2 rings (SSSR count). The summed E-state index contributed by atoms with van der Waals surface area (Å²) in [5.41, 5.74) is 2.09. The van der Waals surface area contributed by atoms with Gasteiger partial charge in [-0.05, 0) is 30.5 Å². The van der Waals surface area contributed by atoms with Crippen molar-refractivity contribution < 1.29 is 14.3 Å². The Morgan fingerprint density at radius 1 is 1.38 bits per heavy atom. The van der Waals surface area contributed by atoms with Crippen LogP contribution in [0.2, 0.25) is 0 Å². The molecule has 0 aromatic heterocycles. The van der Waals surface area contributed by atoms with Crippen LogP contribution in [0.25, 0.3) is 0 Å². The number of hydrogen-bond acceptors (Lipinski definition) is 4. The number of hydrogen-bond donors (Lipinski definition) is 2. The van der Waals surface area contributed by atoms with Gasteiger partial charge in [-0.3, -0.25) is 9.79 Å². The summed E-state index contributed by atoms with van der Waals surface area (Å²) < 4.78 is 11.0. The lowest BCUT2D eigenvalue weighted by Crippen LogP contribution is -2.44. The molecule has 29 heavy (non-hydrogen) atoms. The second kappa shape index (κ2) is 12.6. The van der Waals surface area contributed by atoms with Crippen LogP contribution in [0.4, 0.5) is 0 Å². The molecule has 162 valence electrons. The molecule has 7 nitrogen and oxygen atoms in total. The average Bonchev–Trinajstić information content (AvgIpc) is 3.18. The second-order valence-electron chi connectivity index (χ2n) is 6.73. The first kappa shape index (κ1) is 25.1. The van der Waals surface area contributed by atoms with Gasteiger partial charge in [0.05, 0.1) is 14.2 Å². The summed E-state index contributed by atoms with van der Waals surface area (Å²) in [4.78, 5) is 18.1. The first-order chi connectivity index (χ1) is 13.6. The Balaban J connectivity index is 0.00000420. The maximum absolute atomic E-state index is 11.8. The van der Waals surface area contributed by atoms with Crippen LogP contribution in [0, 0.1) is 0 Å². The van der Waals surface area contributed by atoms with E-state index < -0.39 is 0 Å². The molecular formula is C21H33IN4O3. The molecule has 2 N–H and O–H groups in total. The lowest BCUT2D eigenvalue weighted by Gasteiger charge is -2.19. The van der Waals surface area contributed by atoms with E-state index in [1.807, 2.05) is 24.0 Å². The summed E-state index contributed by atoms with van der Waals surface area (Å²) in [6.45, 7) is 7.81. The number of guanidine groups is 1. The molecule has 1 heterocycles. The van der Waals surface area contributed by atoms with E-state index in [9.17, 15) is 4.79 Å². The van der Waals surface area contributed by atoms with Crippen molar-refractivity contribution in [1.82, 2.24) is 15.5 Å². The summed E-state index contributed by atoms with van der Waals surface area (Å²) in [6, 6.07) is 4.26. The van der Waals surface area contributed by atoms with E-state index in [1.54, 1.807) is 21.3 Å². The topological polar surface area (TPSA) is 75.2 Å². The van der Waals surface area contributed by atoms with Gasteiger partial charge in [0.2, 0.25) is 5.91 Å². The molecule has 0 bridgehead atoms. The van der Waals surface area contributed by atoms with Gasteiger partial charge in [0, 0.05) is 44.7 Å². The van der Waals surface area contributed by atoms with Crippen LogP contribution in [-0.2, 0) is 17.8 Å². The molecule has 1 aromatic carbocycles. The highest BCUT2D eigenvalue weighted by atomic mass is 127. The van der Waals surface area contributed by atoms with Crippen molar-refractivity contribution in [3.8, 4) is 11.5 Å². The smallest absolute Gasteiger partial charge is 0.222 e. The summed E-state index contributed by atoms with van der Waals surface area (Å²) >= 11 is 0. The van der Waals surface area contributed by atoms with Gasteiger partial charge in [-0.25, -0.2) is 0 Å². The number of allylic oxidation sites excluding steroid dienone is 1. The minimum absolute atomic E-state index is 0. The van der Waals surface area contributed by atoms with Crippen molar-refractivity contribution in [2.24, 2.45) is 4.99 Å². The zero-order chi connectivity index (χ0) is 20.5. The van der Waals surface area contributed by atoms with Crippen LogP contribution in [0.3, 0.4) is 0 Å². The fourth-order valence-corrected chi connectivity index (χ4v) is 3.42. The molecule has 1 atom stereocenters. The number of halogens is 1. The number of aliphatic imine (C=N–C) groups is 1. The minimum atomic E-state index is 0. The first-order valence-corrected chi connectivity index (χ1v) is 9.65. The third-order valence-electron chi connectivity index (χ3n) is 4.85. The highest BCUT2D eigenvalue weighted by Crippen LogP contribution is 2.33. The standard InChI is InChI=1S/C21H32N4O3.HI/c1-6-8-16-11-15(12-18(27-4)20(16)28-5)13-23-21(22-3)24-17-9-10-25(14-17)19(26)7-2;/h6,11-12,17H,1,7-10,13-14H2,2-5H3,(H2,22,23,24);1H. The van der Waals surface area contributed by atoms with E-state index in [-0.39, 0.29) is 35.9 Å². The van der Waals surface area contributed by atoms with Gasteiger partial charge in [0.1, 0.15) is 0 Å². The highest BCUT2D eigenvalue weighted by Gasteiger charge is 2.25. The highest BCUT2D eigenvalue weighted by molar-refractivity contribution is 14.0. The number of ether oxygens (including phenoxy) is 2. The number of nitrogens with zero attached hydrogens (tertiary/aromatic N) is 2. The van der Waals surface area contributed by atoms with E-state index in [4.69, 9.17) is 9.47 Å². The van der Waals surface area contributed by atoms with Gasteiger partial charge in [-0.15, -0.1) is 30.6 Å². The average molecular weight is 516 g/mol. The predicted octanol–water partition coefficient (Wildman–Crippen LogP) is 2.73. The zero-order valence-corrected chi connectivity index (χ0v) is 20.1. The number of methoxy groups -OCH3 is 2. The molecule has 0 saturated carbocycles. The van der Waals surface area contributed by atoms with Crippen LogP contribution in [0.15, 0.2) is 29.8 Å². The molecule has 1 aromatic rings. The van der Waals surface area contributed by atoms with Crippen molar-refractivity contribution in [2.45, 2.75) is 38.8 Å². The monoisotopic (exact) mass is 516 g/mol. The Morgan fingerprint density at radius 3 is 2.72 bits per heavy atom. The van der Waals surface area contributed by atoms with Crippen LogP contribution in [-0.4, -0.2) is 57.2 Å². The van der Waals surface area contributed by atoms with E-state index in [2.05, 4.69) is 28.3 Å². The number of rotatable bonds is 8. The molecule has 1 aliphatic rings. The number of benzene rings is 1. The normalized spacial score (nSPS) is 16.1. The summed E-state index contributed by atoms with van der Waals surface area (Å²) in [7, 11) is 5.02. The maximum atomic E-state index is 11.8. The van der Waals surface area contributed by atoms with Crippen LogP contribution in [0.1, 0.15) is 30.9 Å². The molecule has 1 unspecified atom stereocenters. The van der Waals surface area contributed by atoms with E-state index in [1.165, 1.54) is 0 Å². The van der Waals surface area contributed by atoms with Crippen molar-refractivity contribution in [3.05, 3.63) is 35.9 Å². The Kier molecular flexibility index (Phi) is 10.9. The van der Waals surface area contributed by atoms with Crippen LogP contribution in [0.5, 0.6) is 11.5 Å². The van der Waals surface area contributed by atoms with Gasteiger partial charge in [0.15, 0.2) is 17.5 Å². The van der Waals surface area contributed by atoms with Gasteiger partial charge < -0.3 is 25.0 Å². The third-order valence-corrected chi connectivity index (χ3v) is 4.85. The summed E-state index contributed by atoms with van der Waals surface area (Å²) in [6.07, 6.45) is 4.01. The molecule has 0 spiro atoms. The van der Waals surface area contributed by atoms with Crippen LogP contribution >= 0.6 is 24.0 Å². The maximum Gasteiger partial charge on any atom is 0.222 e. The van der Waals surface area contributed by atoms with Gasteiger partial charge in [0.25, 0.3) is 0 Å². The van der Waals surface area contributed by atoms with E-state index >= 15 is 0 Å². The molecule has 1 saturated heterocycles. The van der Waals surface area contributed by atoms with E-state index in [0.29, 0.717) is 31.7 Å². The Bertz CT molecular complexity index is 724. The number of carbonyl (C=O) groups excluding carboxylic acids is 1. The van der Waals surface area contributed by atoms with Crippen molar-refractivity contribution in [3.63, 3.8) is 0 Å². The second-order valence-corrected chi connectivity index (χ2v) is 6.73. The molecule has 1 fully saturated rings. The van der Waals surface area contributed by atoms with Gasteiger partial charge in [-0.2, -0.15) is 0 Å². The van der Waals surface area contributed by atoms with Gasteiger partial charge in [-0.1, -0.05) is 13.0 Å². The van der Waals surface area contributed by atoms with Crippen molar-refractivity contribution in [1.29, 1.82) is 0 Å². The van der Waals surface area contributed by atoms with Crippen molar-refractivity contribution in [2.75, 3.05) is 34.4 Å². The fraction of sp³-hybridized carbons (Fsp3) is 0.524. The van der Waals surface area contributed by atoms with Crippen LogP contribution < -0.4 is 20.1 Å². The molecular weight excluding hydrogens is 483 g/mol. The Hall–Kier alpha value is -1.97. The summed E-state index contributed by atoms with van der Waals surface area (Å²) in [5.74, 6) is 2.36. The predicted molar refractivity (Wildman–Crippen MR) is 127 cm³/mol. The quantitative estimate of drug-likeness (QED) is 0.241. The van der Waals surface area contributed by atoms with E-state index in [0.717, 1.165) is 35.8 Å². The SMILES string of the molecule is C=CCc1cc(CNC(=NC)NC2CCN(C(=O)CC)C2)cc(OC)c1OC.I. The number of carbonyl (C=O) groups is 1. The Labute approximate surface area is 190 Å². The largest absolute Gasteiger partial charge is 0.493 e. The Morgan fingerprint density at radius 2 is 2.14 bits per heavy atom. The zero-order valence-electron chi connectivity index (χ0n) is 17.8. The molecule has 1 amide bonds. The number of nitrogens with one attached hydrogen (secondary N) is 2. The molecule has 1 aliphatic heterocycles. The molecule has 0 radical (unpaired) electrons. The number of likely N-dealkylation sites (tertiary alicyclic amines) is 1. The molecule has 8 heteroatoms.